The largest absolute Gasteiger partial charge is 0.326 e. The van der Waals surface area contributed by atoms with Gasteiger partial charge in [0.15, 0.2) is 0 Å². The van der Waals surface area contributed by atoms with E-state index in [1.807, 2.05) is 36.4 Å². The van der Waals surface area contributed by atoms with Crippen molar-refractivity contribution in [3.05, 3.63) is 53.1 Å². The highest BCUT2D eigenvalue weighted by molar-refractivity contribution is 9.10. The summed E-state index contributed by atoms with van der Waals surface area (Å²) < 4.78 is 0.880. The molecule has 2 aromatic rings. The predicted octanol–water partition coefficient (Wildman–Crippen LogP) is 3.52. The minimum absolute atomic E-state index is 0.00941. The number of nitrogens with zero attached hydrogens (tertiary/aromatic N) is 2. The molecular formula is C20H23BrN4O2. The predicted molar refractivity (Wildman–Crippen MR) is 109 cm³/mol. The highest BCUT2D eigenvalue weighted by atomic mass is 79.9. The highest BCUT2D eigenvalue weighted by Gasteiger charge is 2.25. The van der Waals surface area contributed by atoms with E-state index in [0.29, 0.717) is 18.8 Å². The van der Waals surface area contributed by atoms with Crippen LogP contribution in [0.1, 0.15) is 19.3 Å². The molecule has 7 heteroatoms. The molecule has 142 valence electrons. The van der Waals surface area contributed by atoms with Crippen LogP contribution in [0.2, 0.25) is 0 Å². The van der Waals surface area contributed by atoms with Crippen LogP contribution in [0.3, 0.4) is 0 Å². The summed E-state index contributed by atoms with van der Waals surface area (Å²) in [4.78, 5) is 30.8. The number of hydrogen-bond acceptors (Lipinski definition) is 4. The van der Waals surface area contributed by atoms with Gasteiger partial charge in [-0.2, -0.15) is 0 Å². The second-order valence-electron chi connectivity index (χ2n) is 6.63. The number of likely N-dealkylation sites (tertiary alicyclic amines) is 1. The Balaban J connectivity index is 1.37. The standard InChI is InChI=1S/C20H23BrN4O2/c21-16-6-7-18(22-14-16)24-20(27)15-8-11-25(12-9-15)13-10-19(26)23-17-4-2-1-3-5-17/h1-7,14-15H,8-13H2,(H,23,26)(H,22,24,27). The molecule has 3 rings (SSSR count). The summed E-state index contributed by atoms with van der Waals surface area (Å²) in [5.41, 5.74) is 0.819. The number of nitrogens with one attached hydrogen (secondary N) is 2. The minimum Gasteiger partial charge on any atom is -0.326 e. The number of hydrogen-bond donors (Lipinski definition) is 2. The normalized spacial score (nSPS) is 15.3. The number of piperidine rings is 1. The lowest BCUT2D eigenvalue weighted by atomic mass is 9.96. The van der Waals surface area contributed by atoms with E-state index in [1.54, 1.807) is 12.3 Å². The molecule has 1 saturated heterocycles. The molecule has 0 aliphatic carbocycles. The number of halogens is 1. The van der Waals surface area contributed by atoms with Crippen LogP contribution in [0, 0.1) is 5.92 Å². The van der Waals surface area contributed by atoms with Crippen molar-refractivity contribution in [3.8, 4) is 0 Å². The summed E-state index contributed by atoms with van der Waals surface area (Å²) in [6, 6.07) is 13.1. The molecule has 0 atom stereocenters. The molecule has 0 bridgehead atoms. The molecule has 1 aliphatic heterocycles. The van der Waals surface area contributed by atoms with Gasteiger partial charge < -0.3 is 15.5 Å². The van der Waals surface area contributed by atoms with E-state index in [9.17, 15) is 9.59 Å². The number of aromatic nitrogens is 1. The first-order chi connectivity index (χ1) is 13.1. The third kappa shape index (κ3) is 6.15. The van der Waals surface area contributed by atoms with Gasteiger partial charge in [-0.3, -0.25) is 9.59 Å². The average Bonchev–Trinajstić information content (AvgIpc) is 2.69. The fourth-order valence-electron chi connectivity index (χ4n) is 3.10. The van der Waals surface area contributed by atoms with Crippen LogP contribution in [0.15, 0.2) is 53.1 Å². The molecule has 2 amide bonds. The maximum atomic E-state index is 12.4. The van der Waals surface area contributed by atoms with Crippen LogP contribution >= 0.6 is 15.9 Å². The summed E-state index contributed by atoms with van der Waals surface area (Å²) in [6.45, 7) is 2.36. The minimum atomic E-state index is -0.00941. The van der Waals surface area contributed by atoms with E-state index in [2.05, 4.69) is 36.4 Å². The van der Waals surface area contributed by atoms with Crippen molar-refractivity contribution in [2.75, 3.05) is 30.3 Å². The van der Waals surface area contributed by atoms with E-state index in [-0.39, 0.29) is 17.7 Å². The first-order valence-corrected chi connectivity index (χ1v) is 9.89. The number of rotatable bonds is 6. The third-order valence-corrected chi connectivity index (χ3v) is 5.12. The van der Waals surface area contributed by atoms with Gasteiger partial charge >= 0.3 is 0 Å². The number of pyridine rings is 1. The number of anilines is 2. The zero-order valence-electron chi connectivity index (χ0n) is 15.0. The zero-order valence-corrected chi connectivity index (χ0v) is 16.6. The number of para-hydroxylation sites is 1. The number of carbonyl (C=O) groups excluding carboxylic acids is 2. The van der Waals surface area contributed by atoms with Gasteiger partial charge in [-0.05, 0) is 66.1 Å². The Kier molecular flexibility index (Phi) is 6.95. The van der Waals surface area contributed by atoms with Crippen LogP contribution in [0.5, 0.6) is 0 Å². The Labute approximate surface area is 167 Å². The topological polar surface area (TPSA) is 74.3 Å². The van der Waals surface area contributed by atoms with Gasteiger partial charge in [0, 0.05) is 35.2 Å². The monoisotopic (exact) mass is 430 g/mol. The molecule has 1 aromatic heterocycles. The van der Waals surface area contributed by atoms with Crippen molar-refractivity contribution in [1.82, 2.24) is 9.88 Å². The van der Waals surface area contributed by atoms with Gasteiger partial charge in [-0.25, -0.2) is 4.98 Å². The molecule has 1 aliphatic rings. The van der Waals surface area contributed by atoms with E-state index in [4.69, 9.17) is 0 Å². The second kappa shape index (κ2) is 9.62. The van der Waals surface area contributed by atoms with Crippen molar-refractivity contribution in [1.29, 1.82) is 0 Å². The maximum Gasteiger partial charge on any atom is 0.228 e. The van der Waals surface area contributed by atoms with Crippen LogP contribution in [0.25, 0.3) is 0 Å². The van der Waals surface area contributed by atoms with Gasteiger partial charge in [-0.1, -0.05) is 18.2 Å². The van der Waals surface area contributed by atoms with Crippen LogP contribution < -0.4 is 10.6 Å². The van der Waals surface area contributed by atoms with Crippen LogP contribution in [-0.2, 0) is 9.59 Å². The fourth-order valence-corrected chi connectivity index (χ4v) is 3.34. The van der Waals surface area contributed by atoms with E-state index in [1.165, 1.54) is 0 Å². The summed E-state index contributed by atoms with van der Waals surface area (Å²) in [6.07, 6.45) is 3.71. The Hall–Kier alpha value is -2.25. The van der Waals surface area contributed by atoms with Crippen LogP contribution in [-0.4, -0.2) is 41.3 Å². The molecule has 0 radical (unpaired) electrons. The van der Waals surface area contributed by atoms with Gasteiger partial charge in [-0.15, -0.1) is 0 Å². The van der Waals surface area contributed by atoms with Crippen molar-refractivity contribution >= 4 is 39.2 Å². The maximum absolute atomic E-state index is 12.4. The molecule has 1 aromatic carbocycles. The molecule has 27 heavy (non-hydrogen) atoms. The van der Waals surface area contributed by atoms with E-state index in [0.717, 1.165) is 36.1 Å². The quantitative estimate of drug-likeness (QED) is 0.734. The molecule has 1 fully saturated rings. The average molecular weight is 431 g/mol. The Morgan fingerprint density at radius 3 is 2.48 bits per heavy atom. The lowest BCUT2D eigenvalue weighted by Gasteiger charge is -2.31. The summed E-state index contributed by atoms with van der Waals surface area (Å²) >= 11 is 3.33. The third-order valence-electron chi connectivity index (χ3n) is 4.65. The van der Waals surface area contributed by atoms with Crippen molar-refractivity contribution in [3.63, 3.8) is 0 Å². The van der Waals surface area contributed by atoms with Gasteiger partial charge in [0.1, 0.15) is 5.82 Å². The van der Waals surface area contributed by atoms with Crippen molar-refractivity contribution < 1.29 is 9.59 Å². The number of benzene rings is 1. The molecule has 0 spiro atoms. The van der Waals surface area contributed by atoms with Gasteiger partial charge in [0.25, 0.3) is 0 Å². The second-order valence-corrected chi connectivity index (χ2v) is 7.55. The Bertz CT molecular complexity index is 759. The zero-order chi connectivity index (χ0) is 19.1. The molecular weight excluding hydrogens is 408 g/mol. The molecule has 0 saturated carbocycles. The summed E-state index contributed by atoms with van der Waals surface area (Å²) in [5, 5.41) is 5.78. The first-order valence-electron chi connectivity index (χ1n) is 9.10. The van der Waals surface area contributed by atoms with E-state index < -0.39 is 0 Å². The van der Waals surface area contributed by atoms with Gasteiger partial charge in [0.05, 0.1) is 0 Å². The Morgan fingerprint density at radius 2 is 1.81 bits per heavy atom. The fraction of sp³-hybridized carbons (Fsp3) is 0.350. The highest BCUT2D eigenvalue weighted by Crippen LogP contribution is 2.20. The van der Waals surface area contributed by atoms with Crippen molar-refractivity contribution in [2.45, 2.75) is 19.3 Å². The number of amides is 2. The SMILES string of the molecule is O=C(CCN1CCC(C(=O)Nc2ccc(Br)cn2)CC1)Nc1ccccc1. The lowest BCUT2D eigenvalue weighted by Crippen LogP contribution is -2.39. The molecule has 0 unspecified atom stereocenters. The number of carbonyl (C=O) groups is 2. The van der Waals surface area contributed by atoms with E-state index >= 15 is 0 Å². The van der Waals surface area contributed by atoms with Crippen LogP contribution in [0.4, 0.5) is 11.5 Å². The first kappa shape index (κ1) is 19.5. The Morgan fingerprint density at radius 1 is 1.07 bits per heavy atom. The molecule has 2 N–H and O–H groups in total. The molecule has 2 heterocycles. The molecule has 6 nitrogen and oxygen atoms in total. The van der Waals surface area contributed by atoms with Gasteiger partial charge in [0.2, 0.25) is 11.8 Å². The summed E-state index contributed by atoms with van der Waals surface area (Å²) in [5.74, 6) is 0.599. The lowest BCUT2D eigenvalue weighted by molar-refractivity contribution is -0.121. The smallest absolute Gasteiger partial charge is 0.228 e. The van der Waals surface area contributed by atoms with Crippen molar-refractivity contribution in [2.24, 2.45) is 5.92 Å². The summed E-state index contributed by atoms with van der Waals surface area (Å²) in [7, 11) is 0.